The lowest BCUT2D eigenvalue weighted by Crippen LogP contribution is -2.28. The standard InChI is InChI=1S/C14H21N3O4/c1-3-9(4-2)13(18)8-16-11-7-10(14(15)19)5-6-12(11)17(20)21/h5-7,9,13,16,18H,3-4,8H2,1-2H3,(H2,15,19). The molecule has 21 heavy (non-hydrogen) atoms. The van der Waals surface area contributed by atoms with Gasteiger partial charge in [0, 0.05) is 18.2 Å². The van der Waals surface area contributed by atoms with Gasteiger partial charge < -0.3 is 16.2 Å². The number of carbonyl (C=O) groups excluding carboxylic acids is 1. The summed E-state index contributed by atoms with van der Waals surface area (Å²) in [5, 5.41) is 23.9. The van der Waals surface area contributed by atoms with Crippen molar-refractivity contribution >= 4 is 17.3 Å². The Hall–Kier alpha value is -2.15. The Bertz CT molecular complexity index is 515. The average molecular weight is 295 g/mol. The van der Waals surface area contributed by atoms with Crippen LogP contribution in [0.5, 0.6) is 0 Å². The maximum Gasteiger partial charge on any atom is 0.292 e. The summed E-state index contributed by atoms with van der Waals surface area (Å²) in [6.07, 6.45) is 1.03. The van der Waals surface area contributed by atoms with Crippen LogP contribution in [0.4, 0.5) is 11.4 Å². The summed E-state index contributed by atoms with van der Waals surface area (Å²) < 4.78 is 0. The summed E-state index contributed by atoms with van der Waals surface area (Å²) >= 11 is 0. The van der Waals surface area contributed by atoms with Crippen molar-refractivity contribution in [1.29, 1.82) is 0 Å². The van der Waals surface area contributed by atoms with E-state index in [0.717, 1.165) is 12.8 Å². The summed E-state index contributed by atoms with van der Waals surface area (Å²) in [5.74, 6) is -0.538. The van der Waals surface area contributed by atoms with Crippen LogP contribution in [0.1, 0.15) is 37.0 Å². The van der Waals surface area contributed by atoms with E-state index in [9.17, 15) is 20.0 Å². The second kappa shape index (κ2) is 7.58. The molecular formula is C14H21N3O4. The van der Waals surface area contributed by atoms with E-state index in [2.05, 4.69) is 5.32 Å². The molecule has 0 saturated carbocycles. The number of nitrogens with one attached hydrogen (secondary N) is 1. The van der Waals surface area contributed by atoms with Gasteiger partial charge in [-0.3, -0.25) is 14.9 Å². The lowest BCUT2D eigenvalue weighted by molar-refractivity contribution is -0.384. The minimum Gasteiger partial charge on any atom is -0.391 e. The van der Waals surface area contributed by atoms with Crippen LogP contribution < -0.4 is 11.1 Å². The van der Waals surface area contributed by atoms with Gasteiger partial charge in [0.15, 0.2) is 0 Å². The maximum atomic E-state index is 11.1. The number of nitro benzene ring substituents is 1. The molecule has 7 heteroatoms. The van der Waals surface area contributed by atoms with E-state index in [1.54, 1.807) is 0 Å². The summed E-state index contributed by atoms with van der Waals surface area (Å²) in [7, 11) is 0. The van der Waals surface area contributed by atoms with Crippen LogP contribution in [-0.4, -0.2) is 28.6 Å². The Balaban J connectivity index is 2.92. The van der Waals surface area contributed by atoms with Crippen molar-refractivity contribution in [3.8, 4) is 0 Å². The van der Waals surface area contributed by atoms with E-state index in [1.165, 1.54) is 18.2 Å². The molecule has 0 fully saturated rings. The van der Waals surface area contributed by atoms with E-state index in [-0.39, 0.29) is 29.4 Å². The number of aliphatic hydroxyl groups is 1. The third-order valence-corrected chi connectivity index (χ3v) is 3.57. The van der Waals surface area contributed by atoms with Gasteiger partial charge in [-0.05, 0) is 18.1 Å². The number of hydrogen-bond acceptors (Lipinski definition) is 5. The third kappa shape index (κ3) is 4.42. The maximum absolute atomic E-state index is 11.1. The van der Waals surface area contributed by atoms with Crippen LogP contribution in [0.2, 0.25) is 0 Å². The molecular weight excluding hydrogens is 274 g/mol. The first-order valence-corrected chi connectivity index (χ1v) is 6.90. The number of nitrogens with zero attached hydrogens (tertiary/aromatic N) is 1. The highest BCUT2D eigenvalue weighted by Crippen LogP contribution is 2.26. The van der Waals surface area contributed by atoms with Gasteiger partial charge in [-0.1, -0.05) is 26.7 Å². The fourth-order valence-electron chi connectivity index (χ4n) is 2.20. The second-order valence-electron chi connectivity index (χ2n) is 4.88. The zero-order valence-electron chi connectivity index (χ0n) is 12.2. The number of carbonyl (C=O) groups is 1. The number of primary amides is 1. The van der Waals surface area contributed by atoms with Crippen LogP contribution in [-0.2, 0) is 0 Å². The monoisotopic (exact) mass is 295 g/mol. The molecule has 0 aliphatic heterocycles. The second-order valence-corrected chi connectivity index (χ2v) is 4.88. The van der Waals surface area contributed by atoms with Crippen molar-refractivity contribution in [3.63, 3.8) is 0 Å². The molecule has 0 bridgehead atoms. The molecule has 1 aromatic rings. The molecule has 4 N–H and O–H groups in total. The van der Waals surface area contributed by atoms with Crippen LogP contribution >= 0.6 is 0 Å². The topological polar surface area (TPSA) is 118 Å². The highest BCUT2D eigenvalue weighted by molar-refractivity contribution is 5.94. The number of rotatable bonds is 8. The van der Waals surface area contributed by atoms with Crippen LogP contribution in [0.3, 0.4) is 0 Å². The zero-order valence-corrected chi connectivity index (χ0v) is 12.2. The Morgan fingerprint density at radius 1 is 1.43 bits per heavy atom. The molecule has 1 aromatic carbocycles. The molecule has 0 spiro atoms. The molecule has 0 saturated heterocycles. The molecule has 0 heterocycles. The molecule has 7 nitrogen and oxygen atoms in total. The largest absolute Gasteiger partial charge is 0.391 e. The SMILES string of the molecule is CCC(CC)C(O)CNc1cc(C(N)=O)ccc1[N+](=O)[O-]. The van der Waals surface area contributed by atoms with Crippen molar-refractivity contribution < 1.29 is 14.8 Å². The zero-order chi connectivity index (χ0) is 16.0. The number of benzene rings is 1. The Morgan fingerprint density at radius 3 is 2.52 bits per heavy atom. The molecule has 0 radical (unpaired) electrons. The Kier molecular flexibility index (Phi) is 6.10. The molecule has 0 aliphatic carbocycles. The smallest absolute Gasteiger partial charge is 0.292 e. The Morgan fingerprint density at radius 2 is 2.05 bits per heavy atom. The van der Waals surface area contributed by atoms with Gasteiger partial charge in [0.05, 0.1) is 11.0 Å². The predicted molar refractivity (Wildman–Crippen MR) is 80.2 cm³/mol. The van der Waals surface area contributed by atoms with Crippen LogP contribution in [0.15, 0.2) is 18.2 Å². The Labute approximate surface area is 123 Å². The van der Waals surface area contributed by atoms with Crippen LogP contribution in [0, 0.1) is 16.0 Å². The molecule has 1 rings (SSSR count). The minimum atomic E-state index is -0.659. The van der Waals surface area contributed by atoms with E-state index in [4.69, 9.17) is 5.73 Å². The fraction of sp³-hybridized carbons (Fsp3) is 0.500. The lowest BCUT2D eigenvalue weighted by atomic mass is 9.96. The highest BCUT2D eigenvalue weighted by Gasteiger charge is 2.19. The number of nitro groups is 1. The van der Waals surface area contributed by atoms with Crippen molar-refractivity contribution in [3.05, 3.63) is 33.9 Å². The molecule has 1 amide bonds. The van der Waals surface area contributed by atoms with Crippen molar-refractivity contribution in [2.45, 2.75) is 32.8 Å². The van der Waals surface area contributed by atoms with E-state index in [1.807, 2.05) is 13.8 Å². The van der Waals surface area contributed by atoms with E-state index in [0.29, 0.717) is 0 Å². The van der Waals surface area contributed by atoms with Gasteiger partial charge in [0.1, 0.15) is 5.69 Å². The highest BCUT2D eigenvalue weighted by atomic mass is 16.6. The van der Waals surface area contributed by atoms with E-state index < -0.39 is 16.9 Å². The van der Waals surface area contributed by atoms with Gasteiger partial charge >= 0.3 is 0 Å². The van der Waals surface area contributed by atoms with Gasteiger partial charge in [0.2, 0.25) is 5.91 Å². The summed E-state index contributed by atoms with van der Waals surface area (Å²) in [5.41, 5.74) is 5.38. The van der Waals surface area contributed by atoms with Gasteiger partial charge in [-0.2, -0.15) is 0 Å². The summed E-state index contributed by atoms with van der Waals surface area (Å²) in [6.45, 7) is 4.14. The number of hydrogen-bond donors (Lipinski definition) is 3. The summed E-state index contributed by atoms with van der Waals surface area (Å²) in [6, 6.07) is 3.87. The van der Waals surface area contributed by atoms with Gasteiger partial charge in [0.25, 0.3) is 5.69 Å². The van der Waals surface area contributed by atoms with Crippen molar-refractivity contribution in [1.82, 2.24) is 0 Å². The number of nitrogens with two attached hydrogens (primary N) is 1. The molecule has 1 atom stereocenters. The van der Waals surface area contributed by atoms with E-state index >= 15 is 0 Å². The van der Waals surface area contributed by atoms with Crippen molar-refractivity contribution in [2.75, 3.05) is 11.9 Å². The van der Waals surface area contributed by atoms with Gasteiger partial charge in [-0.25, -0.2) is 0 Å². The molecule has 0 aliphatic rings. The summed E-state index contributed by atoms with van der Waals surface area (Å²) in [4.78, 5) is 21.6. The fourth-order valence-corrected chi connectivity index (χ4v) is 2.20. The van der Waals surface area contributed by atoms with Crippen LogP contribution in [0.25, 0.3) is 0 Å². The molecule has 116 valence electrons. The third-order valence-electron chi connectivity index (χ3n) is 3.57. The lowest BCUT2D eigenvalue weighted by Gasteiger charge is -2.20. The first-order valence-electron chi connectivity index (χ1n) is 6.90. The average Bonchev–Trinajstić information content (AvgIpc) is 2.45. The number of aliphatic hydroxyl groups excluding tert-OH is 1. The quantitative estimate of drug-likeness (QED) is 0.500. The predicted octanol–water partition coefficient (Wildman–Crippen LogP) is 1.90. The van der Waals surface area contributed by atoms with Gasteiger partial charge in [-0.15, -0.1) is 0 Å². The first kappa shape index (κ1) is 16.9. The minimum absolute atomic E-state index is 0.121. The molecule has 1 unspecified atom stereocenters. The number of anilines is 1. The first-order chi connectivity index (χ1) is 9.90. The normalized spacial score (nSPS) is 12.2. The van der Waals surface area contributed by atoms with Crippen molar-refractivity contribution in [2.24, 2.45) is 11.7 Å². The number of amides is 1. The molecule has 0 aromatic heterocycles.